The third-order valence-corrected chi connectivity index (χ3v) is 5.20. The topological polar surface area (TPSA) is 12.5 Å². The minimum atomic E-state index is 0.297. The van der Waals surface area contributed by atoms with E-state index in [9.17, 15) is 0 Å². The molecule has 1 unspecified atom stereocenters. The van der Waals surface area contributed by atoms with Crippen LogP contribution in [0.3, 0.4) is 0 Å². The second kappa shape index (κ2) is 6.69. The SMILES string of the molecule is COc1ccc(N2CC(c3ccccc3)c3ccccc3C2=S)cc1. The van der Waals surface area contributed by atoms with Gasteiger partial charge in [0.25, 0.3) is 0 Å². The molecule has 0 aliphatic carbocycles. The lowest BCUT2D eigenvalue weighted by molar-refractivity contribution is 0.415. The van der Waals surface area contributed by atoms with Crippen LogP contribution in [0.2, 0.25) is 0 Å². The van der Waals surface area contributed by atoms with Crippen LogP contribution in [0.5, 0.6) is 5.75 Å². The third-order valence-electron chi connectivity index (χ3n) is 4.76. The molecule has 0 radical (unpaired) electrons. The molecule has 3 aromatic rings. The van der Waals surface area contributed by atoms with Gasteiger partial charge >= 0.3 is 0 Å². The van der Waals surface area contributed by atoms with Crippen LogP contribution in [0.1, 0.15) is 22.6 Å². The average molecular weight is 345 g/mol. The van der Waals surface area contributed by atoms with E-state index in [0.717, 1.165) is 28.5 Å². The molecule has 4 rings (SSSR count). The summed E-state index contributed by atoms with van der Waals surface area (Å²) in [7, 11) is 1.68. The number of hydrogen-bond acceptors (Lipinski definition) is 2. The number of rotatable bonds is 3. The van der Waals surface area contributed by atoms with Crippen molar-refractivity contribution in [2.45, 2.75) is 5.92 Å². The van der Waals surface area contributed by atoms with Crippen LogP contribution in [-0.2, 0) is 0 Å². The lowest BCUT2D eigenvalue weighted by Crippen LogP contribution is -2.39. The molecule has 124 valence electrons. The van der Waals surface area contributed by atoms with E-state index in [2.05, 4.69) is 71.6 Å². The summed E-state index contributed by atoms with van der Waals surface area (Å²) >= 11 is 5.82. The van der Waals surface area contributed by atoms with E-state index < -0.39 is 0 Å². The predicted molar refractivity (Wildman–Crippen MR) is 107 cm³/mol. The van der Waals surface area contributed by atoms with Crippen molar-refractivity contribution in [1.29, 1.82) is 0 Å². The lowest BCUT2D eigenvalue weighted by atomic mass is 9.84. The smallest absolute Gasteiger partial charge is 0.119 e. The molecule has 0 saturated carbocycles. The van der Waals surface area contributed by atoms with Gasteiger partial charge < -0.3 is 9.64 Å². The normalized spacial score (nSPS) is 16.4. The number of hydrogen-bond donors (Lipinski definition) is 0. The van der Waals surface area contributed by atoms with Gasteiger partial charge in [-0.3, -0.25) is 0 Å². The summed E-state index contributed by atoms with van der Waals surface area (Å²) in [5.41, 5.74) is 4.87. The monoisotopic (exact) mass is 345 g/mol. The molecule has 0 aromatic heterocycles. The van der Waals surface area contributed by atoms with Crippen LogP contribution in [0.25, 0.3) is 0 Å². The highest BCUT2D eigenvalue weighted by Crippen LogP contribution is 2.36. The van der Waals surface area contributed by atoms with E-state index >= 15 is 0 Å². The maximum absolute atomic E-state index is 5.82. The van der Waals surface area contributed by atoms with Crippen LogP contribution in [0, 0.1) is 0 Å². The Balaban J connectivity index is 1.79. The van der Waals surface area contributed by atoms with Gasteiger partial charge in [-0.2, -0.15) is 0 Å². The molecular formula is C22H19NOS. The molecule has 0 N–H and O–H groups in total. The number of ether oxygens (including phenoxy) is 1. The van der Waals surface area contributed by atoms with Crippen molar-refractivity contribution >= 4 is 22.9 Å². The molecule has 3 heteroatoms. The first-order valence-corrected chi connectivity index (χ1v) is 8.78. The average Bonchev–Trinajstić information content (AvgIpc) is 2.69. The number of benzene rings is 3. The zero-order chi connectivity index (χ0) is 17.2. The third kappa shape index (κ3) is 2.92. The summed E-state index contributed by atoms with van der Waals surface area (Å²) in [6.07, 6.45) is 0. The minimum absolute atomic E-state index is 0.297. The van der Waals surface area contributed by atoms with Crippen LogP contribution >= 0.6 is 12.2 Å². The second-order valence-electron chi connectivity index (χ2n) is 6.16. The molecule has 1 aliphatic rings. The molecule has 2 nitrogen and oxygen atoms in total. The maximum atomic E-state index is 5.82. The molecule has 1 heterocycles. The van der Waals surface area contributed by atoms with Crippen LogP contribution in [0.4, 0.5) is 5.69 Å². The summed E-state index contributed by atoms with van der Waals surface area (Å²) in [5.74, 6) is 1.15. The second-order valence-corrected chi connectivity index (χ2v) is 6.55. The zero-order valence-electron chi connectivity index (χ0n) is 14.1. The van der Waals surface area contributed by atoms with Gasteiger partial charge in [-0.1, -0.05) is 66.8 Å². The van der Waals surface area contributed by atoms with Crippen molar-refractivity contribution in [3.05, 3.63) is 95.6 Å². The van der Waals surface area contributed by atoms with Gasteiger partial charge in [0.05, 0.1) is 7.11 Å². The minimum Gasteiger partial charge on any atom is -0.497 e. The Bertz CT molecular complexity index is 889. The molecule has 1 aliphatic heterocycles. The highest BCUT2D eigenvalue weighted by molar-refractivity contribution is 7.81. The Morgan fingerprint density at radius 1 is 0.880 bits per heavy atom. The van der Waals surface area contributed by atoms with Crippen molar-refractivity contribution in [1.82, 2.24) is 0 Å². The van der Waals surface area contributed by atoms with E-state index in [0.29, 0.717) is 5.92 Å². The number of anilines is 1. The van der Waals surface area contributed by atoms with Crippen LogP contribution in [0.15, 0.2) is 78.9 Å². The van der Waals surface area contributed by atoms with E-state index in [1.165, 1.54) is 11.1 Å². The molecule has 3 aromatic carbocycles. The predicted octanol–water partition coefficient (Wildman–Crippen LogP) is 5.02. The highest BCUT2D eigenvalue weighted by Gasteiger charge is 2.30. The van der Waals surface area contributed by atoms with Crippen LogP contribution in [-0.4, -0.2) is 18.6 Å². The quantitative estimate of drug-likeness (QED) is 0.618. The fourth-order valence-electron chi connectivity index (χ4n) is 3.46. The first kappa shape index (κ1) is 15.9. The zero-order valence-corrected chi connectivity index (χ0v) is 14.9. The first-order valence-electron chi connectivity index (χ1n) is 8.37. The lowest BCUT2D eigenvalue weighted by Gasteiger charge is -2.37. The van der Waals surface area contributed by atoms with E-state index in [1.54, 1.807) is 7.11 Å². The summed E-state index contributed by atoms with van der Waals surface area (Å²) in [5, 5.41) is 0. The Hall–Kier alpha value is -2.65. The number of thiocarbonyl (C=S) groups is 1. The number of nitrogens with zero attached hydrogens (tertiary/aromatic N) is 1. The molecule has 0 amide bonds. The van der Waals surface area contributed by atoms with Crippen molar-refractivity contribution in [2.24, 2.45) is 0 Å². The Labute approximate surface area is 153 Å². The van der Waals surface area contributed by atoms with Gasteiger partial charge in [0, 0.05) is 23.7 Å². The van der Waals surface area contributed by atoms with Gasteiger partial charge in [-0.15, -0.1) is 0 Å². The molecular weight excluding hydrogens is 326 g/mol. The molecule has 0 bridgehead atoms. The van der Waals surface area contributed by atoms with Crippen molar-refractivity contribution in [3.8, 4) is 5.75 Å². The fraction of sp³-hybridized carbons (Fsp3) is 0.136. The Morgan fingerprint density at radius 2 is 1.56 bits per heavy atom. The summed E-state index contributed by atoms with van der Waals surface area (Å²) in [6.45, 7) is 0.839. The van der Waals surface area contributed by atoms with Gasteiger partial charge in [-0.05, 0) is 35.4 Å². The molecule has 25 heavy (non-hydrogen) atoms. The largest absolute Gasteiger partial charge is 0.497 e. The fourth-order valence-corrected chi connectivity index (χ4v) is 3.83. The van der Waals surface area contributed by atoms with Crippen molar-refractivity contribution in [2.75, 3.05) is 18.6 Å². The molecule has 0 fully saturated rings. The Kier molecular flexibility index (Phi) is 4.24. The van der Waals surface area contributed by atoms with Crippen molar-refractivity contribution < 1.29 is 4.74 Å². The first-order chi connectivity index (χ1) is 12.3. The summed E-state index contributed by atoms with van der Waals surface area (Å²) in [4.78, 5) is 3.11. The summed E-state index contributed by atoms with van der Waals surface area (Å²) in [6, 6.07) is 27.2. The van der Waals surface area contributed by atoms with Crippen LogP contribution < -0.4 is 9.64 Å². The standard InChI is InChI=1S/C22H19NOS/c1-24-18-13-11-17(12-14-18)23-15-21(16-7-3-2-4-8-16)19-9-5-6-10-20(19)22(23)25/h2-14,21H,15H2,1H3. The van der Waals surface area contributed by atoms with Gasteiger partial charge in [0.2, 0.25) is 0 Å². The van der Waals surface area contributed by atoms with E-state index in [-0.39, 0.29) is 0 Å². The molecule has 0 spiro atoms. The van der Waals surface area contributed by atoms with E-state index in [4.69, 9.17) is 17.0 Å². The highest BCUT2D eigenvalue weighted by atomic mass is 32.1. The maximum Gasteiger partial charge on any atom is 0.119 e. The van der Waals surface area contributed by atoms with Gasteiger partial charge in [0.15, 0.2) is 0 Å². The molecule has 0 saturated heterocycles. The van der Waals surface area contributed by atoms with Gasteiger partial charge in [-0.25, -0.2) is 0 Å². The summed E-state index contributed by atoms with van der Waals surface area (Å²) < 4.78 is 5.28. The van der Waals surface area contributed by atoms with E-state index in [1.807, 2.05) is 12.1 Å². The van der Waals surface area contributed by atoms with Crippen molar-refractivity contribution in [3.63, 3.8) is 0 Å². The number of fused-ring (bicyclic) bond motifs is 1. The number of methoxy groups -OCH3 is 1. The van der Waals surface area contributed by atoms with Gasteiger partial charge in [0.1, 0.15) is 10.7 Å². The molecule has 1 atom stereocenters. The Morgan fingerprint density at radius 3 is 2.28 bits per heavy atom.